The summed E-state index contributed by atoms with van der Waals surface area (Å²) in [4.78, 5) is 33.4. The number of benzene rings is 1. The first-order valence-corrected chi connectivity index (χ1v) is 12.3. The summed E-state index contributed by atoms with van der Waals surface area (Å²) in [6, 6.07) is 14.1. The van der Waals surface area contributed by atoms with Gasteiger partial charge in [-0.05, 0) is 82.8 Å². The standard InChI is InChI=1S/C28H37N3O4/c1-5-34-26(32)16-14-23-13-15-25(29-20-23)31(27(33)35-28(2,3)4)24-17-19-30(21-24)18-9-12-22-10-7-6-8-11-22/h6-8,10-11,13-16,20,24H,5,9,12,17-19,21H2,1-4H3/t24-/m1/s1. The zero-order chi connectivity index (χ0) is 25.3. The van der Waals surface area contributed by atoms with Crippen molar-refractivity contribution >= 4 is 24.0 Å². The summed E-state index contributed by atoms with van der Waals surface area (Å²) in [6.45, 7) is 10.4. The van der Waals surface area contributed by atoms with E-state index >= 15 is 0 Å². The fourth-order valence-electron chi connectivity index (χ4n) is 4.11. The third-order valence-electron chi connectivity index (χ3n) is 5.70. The molecule has 1 aromatic carbocycles. The Labute approximate surface area is 208 Å². The highest BCUT2D eigenvalue weighted by molar-refractivity contribution is 5.88. The van der Waals surface area contributed by atoms with Gasteiger partial charge in [-0.25, -0.2) is 14.6 Å². The van der Waals surface area contributed by atoms with Crippen LogP contribution >= 0.6 is 0 Å². The SMILES string of the molecule is CCOC(=O)C=Cc1ccc(N(C(=O)OC(C)(C)C)[C@@H]2CCN(CCCc3ccccc3)C2)nc1. The molecule has 0 bridgehead atoms. The van der Waals surface area contributed by atoms with E-state index in [9.17, 15) is 9.59 Å². The monoisotopic (exact) mass is 479 g/mol. The molecule has 0 unspecified atom stereocenters. The molecule has 0 spiro atoms. The topological polar surface area (TPSA) is 72.0 Å². The molecule has 1 fully saturated rings. The Kier molecular flexibility index (Phi) is 9.43. The third kappa shape index (κ3) is 8.51. The minimum atomic E-state index is -0.606. The van der Waals surface area contributed by atoms with Gasteiger partial charge in [0.2, 0.25) is 0 Å². The number of ether oxygens (including phenoxy) is 2. The highest BCUT2D eigenvalue weighted by Crippen LogP contribution is 2.25. The smallest absolute Gasteiger partial charge is 0.416 e. The van der Waals surface area contributed by atoms with Crippen LogP contribution < -0.4 is 4.90 Å². The van der Waals surface area contributed by atoms with E-state index in [-0.39, 0.29) is 6.04 Å². The number of pyridine rings is 1. The second kappa shape index (κ2) is 12.5. The van der Waals surface area contributed by atoms with Gasteiger partial charge < -0.3 is 14.4 Å². The van der Waals surface area contributed by atoms with Crippen molar-refractivity contribution in [1.29, 1.82) is 0 Å². The van der Waals surface area contributed by atoms with Crippen molar-refractivity contribution in [3.8, 4) is 0 Å². The Morgan fingerprint density at radius 2 is 1.94 bits per heavy atom. The lowest BCUT2D eigenvalue weighted by Gasteiger charge is -2.31. The van der Waals surface area contributed by atoms with Crippen molar-refractivity contribution in [3.63, 3.8) is 0 Å². The van der Waals surface area contributed by atoms with Crippen LogP contribution in [0.25, 0.3) is 6.08 Å². The molecule has 0 aliphatic carbocycles. The van der Waals surface area contributed by atoms with E-state index in [1.165, 1.54) is 11.6 Å². The first-order chi connectivity index (χ1) is 16.7. The number of carbonyl (C=O) groups is 2. The molecule has 7 heteroatoms. The number of anilines is 1. The number of esters is 1. The average Bonchev–Trinajstić information content (AvgIpc) is 3.26. The van der Waals surface area contributed by atoms with Crippen molar-refractivity contribution in [2.45, 2.75) is 58.6 Å². The Hall–Kier alpha value is -3.19. The van der Waals surface area contributed by atoms with Gasteiger partial charge in [-0.1, -0.05) is 30.3 Å². The molecule has 7 nitrogen and oxygen atoms in total. The van der Waals surface area contributed by atoms with Gasteiger partial charge in [0.1, 0.15) is 11.4 Å². The lowest BCUT2D eigenvalue weighted by Crippen LogP contribution is -2.45. The number of hydrogen-bond acceptors (Lipinski definition) is 6. The predicted octanol–water partition coefficient (Wildman–Crippen LogP) is 5.11. The molecule has 1 saturated heterocycles. The fourth-order valence-corrected chi connectivity index (χ4v) is 4.11. The first kappa shape index (κ1) is 26.4. The number of nitrogens with zero attached hydrogens (tertiary/aromatic N) is 3. The van der Waals surface area contributed by atoms with Crippen molar-refractivity contribution < 1.29 is 19.1 Å². The molecule has 35 heavy (non-hydrogen) atoms. The number of rotatable bonds is 9. The van der Waals surface area contributed by atoms with Crippen LogP contribution in [0.3, 0.4) is 0 Å². The van der Waals surface area contributed by atoms with Crippen LogP contribution in [-0.4, -0.2) is 59.8 Å². The van der Waals surface area contributed by atoms with E-state index in [1.54, 1.807) is 30.2 Å². The lowest BCUT2D eigenvalue weighted by molar-refractivity contribution is -0.137. The predicted molar refractivity (Wildman–Crippen MR) is 138 cm³/mol. The molecule has 1 aliphatic rings. The summed E-state index contributed by atoms with van der Waals surface area (Å²) in [5.74, 6) is 0.147. The van der Waals surface area contributed by atoms with Crippen molar-refractivity contribution in [1.82, 2.24) is 9.88 Å². The molecule has 1 atom stereocenters. The Morgan fingerprint density at radius 3 is 2.60 bits per heavy atom. The Bertz CT molecular complexity index is 984. The molecule has 1 aromatic heterocycles. The van der Waals surface area contributed by atoms with E-state index in [4.69, 9.17) is 9.47 Å². The van der Waals surface area contributed by atoms with Crippen LogP contribution in [-0.2, 0) is 20.7 Å². The van der Waals surface area contributed by atoms with Crippen molar-refractivity contribution in [2.75, 3.05) is 31.1 Å². The minimum absolute atomic E-state index is 0.0185. The van der Waals surface area contributed by atoms with Crippen LogP contribution in [0.2, 0.25) is 0 Å². The van der Waals surface area contributed by atoms with Gasteiger partial charge in [0.05, 0.1) is 12.6 Å². The maximum atomic E-state index is 13.2. The van der Waals surface area contributed by atoms with Gasteiger partial charge in [0, 0.05) is 25.4 Å². The van der Waals surface area contributed by atoms with Crippen molar-refractivity contribution in [2.24, 2.45) is 0 Å². The molecule has 1 aliphatic heterocycles. The maximum absolute atomic E-state index is 13.2. The van der Waals surface area contributed by atoms with Crippen molar-refractivity contribution in [3.05, 3.63) is 65.9 Å². The quantitative estimate of drug-likeness (QED) is 0.368. The van der Waals surface area contributed by atoms with Gasteiger partial charge in [0.25, 0.3) is 0 Å². The maximum Gasteiger partial charge on any atom is 0.416 e. The highest BCUT2D eigenvalue weighted by Gasteiger charge is 2.35. The van der Waals surface area contributed by atoms with Crippen LogP contribution in [0.4, 0.5) is 10.6 Å². The van der Waals surface area contributed by atoms with E-state index in [0.29, 0.717) is 12.4 Å². The van der Waals surface area contributed by atoms with E-state index in [1.807, 2.05) is 32.9 Å². The zero-order valence-electron chi connectivity index (χ0n) is 21.3. The summed E-state index contributed by atoms with van der Waals surface area (Å²) in [7, 11) is 0. The summed E-state index contributed by atoms with van der Waals surface area (Å²) < 4.78 is 10.6. The van der Waals surface area contributed by atoms with Crippen LogP contribution in [0.1, 0.15) is 51.7 Å². The largest absolute Gasteiger partial charge is 0.463 e. The molecule has 188 valence electrons. The summed E-state index contributed by atoms with van der Waals surface area (Å²) in [5.41, 5.74) is 1.49. The van der Waals surface area contributed by atoms with E-state index < -0.39 is 17.7 Å². The molecule has 0 saturated carbocycles. The third-order valence-corrected chi connectivity index (χ3v) is 5.70. The Balaban J connectivity index is 1.67. The molecular weight excluding hydrogens is 442 g/mol. The first-order valence-electron chi connectivity index (χ1n) is 12.3. The van der Waals surface area contributed by atoms with E-state index in [0.717, 1.165) is 44.5 Å². The van der Waals surface area contributed by atoms with Gasteiger partial charge in [-0.2, -0.15) is 0 Å². The van der Waals surface area contributed by atoms with Gasteiger partial charge >= 0.3 is 12.1 Å². The highest BCUT2D eigenvalue weighted by atomic mass is 16.6. The average molecular weight is 480 g/mol. The number of likely N-dealkylation sites (tertiary alicyclic amines) is 1. The molecule has 2 heterocycles. The molecule has 2 aromatic rings. The van der Waals surface area contributed by atoms with Crippen LogP contribution in [0.15, 0.2) is 54.7 Å². The fraction of sp³-hybridized carbons (Fsp3) is 0.464. The Morgan fingerprint density at radius 1 is 1.17 bits per heavy atom. The van der Waals surface area contributed by atoms with Crippen LogP contribution in [0.5, 0.6) is 0 Å². The van der Waals surface area contributed by atoms with Gasteiger partial charge in [-0.15, -0.1) is 0 Å². The second-order valence-corrected chi connectivity index (χ2v) is 9.72. The summed E-state index contributed by atoms with van der Waals surface area (Å²) >= 11 is 0. The number of aryl methyl sites for hydroxylation is 1. The number of carbonyl (C=O) groups excluding carboxylic acids is 2. The number of aromatic nitrogens is 1. The van der Waals surface area contributed by atoms with E-state index in [2.05, 4.69) is 34.1 Å². The summed E-state index contributed by atoms with van der Waals surface area (Å²) in [6.07, 6.45) is 7.25. The zero-order valence-corrected chi connectivity index (χ0v) is 21.3. The molecular formula is C28H37N3O4. The molecule has 1 amide bonds. The normalized spacial score (nSPS) is 16.4. The second-order valence-electron chi connectivity index (χ2n) is 9.72. The van der Waals surface area contributed by atoms with Crippen LogP contribution in [0, 0.1) is 0 Å². The van der Waals surface area contributed by atoms with Gasteiger partial charge in [-0.3, -0.25) is 4.90 Å². The molecule has 3 rings (SSSR count). The number of amides is 1. The minimum Gasteiger partial charge on any atom is -0.463 e. The lowest BCUT2D eigenvalue weighted by atomic mass is 10.1. The molecule has 0 radical (unpaired) electrons. The number of hydrogen-bond donors (Lipinski definition) is 0. The summed E-state index contributed by atoms with van der Waals surface area (Å²) in [5, 5.41) is 0. The molecule has 0 N–H and O–H groups in total. The van der Waals surface area contributed by atoms with Gasteiger partial charge in [0.15, 0.2) is 0 Å².